The Morgan fingerprint density at radius 3 is 2.63 bits per heavy atom. The zero-order chi connectivity index (χ0) is 19.9. The van der Waals surface area contributed by atoms with Crippen molar-refractivity contribution in [3.63, 3.8) is 0 Å². The Hall–Kier alpha value is -0.670. The van der Waals surface area contributed by atoms with Crippen LogP contribution in [0.25, 0.3) is 0 Å². The highest BCUT2D eigenvalue weighted by Gasteiger charge is 2.35. The van der Waals surface area contributed by atoms with Crippen LogP contribution in [0.4, 0.5) is 13.2 Å². The third-order valence-electron chi connectivity index (χ3n) is 5.57. The number of hydrogen-bond donors (Lipinski definition) is 1. The second-order valence-corrected chi connectivity index (χ2v) is 8.72. The van der Waals surface area contributed by atoms with E-state index in [-0.39, 0.29) is 10.7 Å². The summed E-state index contributed by atoms with van der Waals surface area (Å²) in [7, 11) is 1.77. The molecule has 0 bridgehead atoms. The van der Waals surface area contributed by atoms with Crippen molar-refractivity contribution in [3.8, 4) is 0 Å². The lowest BCUT2D eigenvalue weighted by molar-refractivity contribution is -0.146. The highest BCUT2D eigenvalue weighted by Crippen LogP contribution is 2.33. The number of nitrogens with one attached hydrogen (secondary N) is 1. The molecule has 0 amide bonds. The van der Waals surface area contributed by atoms with Gasteiger partial charge in [0.2, 0.25) is 0 Å². The van der Waals surface area contributed by atoms with E-state index in [1.165, 1.54) is 4.90 Å². The molecule has 1 N–H and O–H groups in total. The van der Waals surface area contributed by atoms with E-state index in [0.717, 1.165) is 58.1 Å². The largest absolute Gasteiger partial charge is 0.401 e. The van der Waals surface area contributed by atoms with E-state index in [9.17, 15) is 13.2 Å². The predicted molar refractivity (Wildman–Crippen MR) is 106 cm³/mol. The molecule has 0 radical (unpaired) electrons. The standard InChI is InChI=1S/C18H33F3N4OS/c1-4-24(14-18(19,20)21)11-15-5-8-25(12-15)16(22-2)23-13-17(27-3)6-9-26-10-7-17/h15H,4-14H2,1-3H3,(H,22,23). The van der Waals surface area contributed by atoms with Crippen LogP contribution in [0, 0.1) is 5.92 Å². The highest BCUT2D eigenvalue weighted by atomic mass is 32.2. The van der Waals surface area contributed by atoms with Crippen molar-refractivity contribution in [1.82, 2.24) is 15.1 Å². The quantitative estimate of drug-likeness (QED) is 0.516. The van der Waals surface area contributed by atoms with E-state index < -0.39 is 12.7 Å². The van der Waals surface area contributed by atoms with Crippen molar-refractivity contribution in [3.05, 3.63) is 0 Å². The molecule has 2 aliphatic rings. The van der Waals surface area contributed by atoms with Gasteiger partial charge in [-0.05, 0) is 38.0 Å². The Balaban J connectivity index is 1.84. The van der Waals surface area contributed by atoms with Gasteiger partial charge in [-0.15, -0.1) is 0 Å². The number of nitrogens with zero attached hydrogens (tertiary/aromatic N) is 3. The average Bonchev–Trinajstić information content (AvgIpc) is 3.09. The van der Waals surface area contributed by atoms with Gasteiger partial charge in [-0.25, -0.2) is 0 Å². The second-order valence-electron chi connectivity index (χ2n) is 7.44. The van der Waals surface area contributed by atoms with E-state index >= 15 is 0 Å². The summed E-state index contributed by atoms with van der Waals surface area (Å²) in [5.74, 6) is 1.10. The van der Waals surface area contributed by atoms with Crippen LogP contribution in [0.3, 0.4) is 0 Å². The first-order valence-corrected chi connectivity index (χ1v) is 10.9. The summed E-state index contributed by atoms with van der Waals surface area (Å²) in [4.78, 5) is 8.09. The van der Waals surface area contributed by atoms with Gasteiger partial charge in [0.05, 0.1) is 6.54 Å². The first-order chi connectivity index (χ1) is 12.8. The molecule has 0 aromatic heterocycles. The van der Waals surface area contributed by atoms with E-state index in [0.29, 0.717) is 13.1 Å². The Morgan fingerprint density at radius 2 is 2.07 bits per heavy atom. The molecule has 2 saturated heterocycles. The van der Waals surface area contributed by atoms with E-state index in [4.69, 9.17) is 4.74 Å². The first kappa shape index (κ1) is 22.6. The van der Waals surface area contributed by atoms with Gasteiger partial charge in [0.15, 0.2) is 5.96 Å². The minimum atomic E-state index is -4.14. The molecular weight excluding hydrogens is 377 g/mol. The summed E-state index contributed by atoms with van der Waals surface area (Å²) in [6, 6.07) is 0. The van der Waals surface area contributed by atoms with E-state index in [2.05, 4.69) is 21.5 Å². The Kier molecular flexibility index (Phi) is 8.55. The fourth-order valence-electron chi connectivity index (χ4n) is 3.87. The molecular formula is C18H33F3N4OS. The van der Waals surface area contributed by atoms with Gasteiger partial charge in [0.25, 0.3) is 0 Å². The summed E-state index contributed by atoms with van der Waals surface area (Å²) in [6.45, 7) is 5.86. The molecule has 2 fully saturated rings. The zero-order valence-electron chi connectivity index (χ0n) is 16.6. The fraction of sp³-hybridized carbons (Fsp3) is 0.944. The first-order valence-electron chi connectivity index (χ1n) is 9.68. The van der Waals surface area contributed by atoms with E-state index in [1.54, 1.807) is 14.0 Å². The Labute approximate surface area is 165 Å². The number of aliphatic imine (C=N–C) groups is 1. The smallest absolute Gasteiger partial charge is 0.381 e. The molecule has 0 aliphatic carbocycles. The third-order valence-corrected chi connectivity index (χ3v) is 6.99. The van der Waals surface area contributed by atoms with Crippen molar-refractivity contribution in [2.75, 3.05) is 65.8 Å². The van der Waals surface area contributed by atoms with Gasteiger partial charge >= 0.3 is 6.18 Å². The number of hydrogen-bond acceptors (Lipinski definition) is 4. The number of alkyl halides is 3. The molecule has 1 unspecified atom stereocenters. The maximum Gasteiger partial charge on any atom is 0.401 e. The van der Waals surface area contributed by atoms with Gasteiger partial charge in [-0.2, -0.15) is 24.9 Å². The lowest BCUT2D eigenvalue weighted by Gasteiger charge is -2.37. The molecule has 2 heterocycles. The molecule has 1 atom stereocenters. The molecule has 27 heavy (non-hydrogen) atoms. The number of thioether (sulfide) groups is 1. The van der Waals surface area contributed by atoms with Crippen LogP contribution in [0.1, 0.15) is 26.2 Å². The fourth-order valence-corrected chi connectivity index (χ4v) is 4.66. The maximum atomic E-state index is 12.7. The van der Waals surface area contributed by atoms with Crippen LogP contribution in [0.2, 0.25) is 0 Å². The number of ether oxygens (including phenoxy) is 1. The van der Waals surface area contributed by atoms with Crippen molar-refractivity contribution < 1.29 is 17.9 Å². The number of likely N-dealkylation sites (tertiary alicyclic amines) is 1. The van der Waals surface area contributed by atoms with Gasteiger partial charge in [-0.1, -0.05) is 6.92 Å². The Bertz CT molecular complexity index is 484. The van der Waals surface area contributed by atoms with Crippen molar-refractivity contribution in [2.24, 2.45) is 10.9 Å². The number of halogens is 3. The van der Waals surface area contributed by atoms with Gasteiger partial charge < -0.3 is 15.0 Å². The highest BCUT2D eigenvalue weighted by molar-refractivity contribution is 8.00. The minimum Gasteiger partial charge on any atom is -0.381 e. The lowest BCUT2D eigenvalue weighted by Crippen LogP contribution is -2.49. The molecule has 5 nitrogen and oxygen atoms in total. The minimum absolute atomic E-state index is 0.166. The summed E-state index contributed by atoms with van der Waals surface area (Å²) < 4.78 is 43.7. The van der Waals surface area contributed by atoms with Gasteiger partial charge in [0, 0.05) is 51.2 Å². The third kappa shape index (κ3) is 7.02. The predicted octanol–water partition coefficient (Wildman–Crippen LogP) is 2.68. The van der Waals surface area contributed by atoms with Crippen molar-refractivity contribution in [1.29, 1.82) is 0 Å². The molecule has 9 heteroatoms. The van der Waals surface area contributed by atoms with Crippen LogP contribution in [-0.2, 0) is 4.74 Å². The normalized spacial score (nSPS) is 23.9. The lowest BCUT2D eigenvalue weighted by atomic mass is 9.99. The maximum absolute atomic E-state index is 12.7. The zero-order valence-corrected chi connectivity index (χ0v) is 17.5. The molecule has 0 aromatic rings. The molecule has 2 aliphatic heterocycles. The monoisotopic (exact) mass is 410 g/mol. The van der Waals surface area contributed by atoms with Gasteiger partial charge in [0.1, 0.15) is 0 Å². The summed E-state index contributed by atoms with van der Waals surface area (Å²) in [6.07, 6.45) is 0.938. The average molecular weight is 411 g/mol. The van der Waals surface area contributed by atoms with Gasteiger partial charge in [-0.3, -0.25) is 9.89 Å². The van der Waals surface area contributed by atoms with Crippen LogP contribution < -0.4 is 5.32 Å². The topological polar surface area (TPSA) is 40.1 Å². The number of guanidine groups is 1. The van der Waals surface area contributed by atoms with Crippen LogP contribution in [-0.4, -0.2) is 92.5 Å². The van der Waals surface area contributed by atoms with Crippen molar-refractivity contribution in [2.45, 2.75) is 37.1 Å². The SMILES string of the molecule is CCN(CC1CCN(C(=NC)NCC2(SC)CCOCC2)C1)CC(F)(F)F. The second kappa shape index (κ2) is 10.2. The van der Waals surface area contributed by atoms with Crippen molar-refractivity contribution >= 4 is 17.7 Å². The van der Waals surface area contributed by atoms with E-state index in [1.807, 2.05) is 11.8 Å². The summed E-state index contributed by atoms with van der Waals surface area (Å²) in [5, 5.41) is 3.50. The summed E-state index contributed by atoms with van der Waals surface area (Å²) in [5.41, 5.74) is 0. The number of rotatable bonds is 7. The molecule has 0 saturated carbocycles. The molecule has 0 aromatic carbocycles. The summed E-state index contributed by atoms with van der Waals surface area (Å²) >= 11 is 1.88. The Morgan fingerprint density at radius 1 is 1.37 bits per heavy atom. The van der Waals surface area contributed by atoms with Crippen LogP contribution >= 0.6 is 11.8 Å². The molecule has 0 spiro atoms. The molecule has 158 valence electrons. The van der Waals surface area contributed by atoms with Crippen LogP contribution in [0.15, 0.2) is 4.99 Å². The van der Waals surface area contributed by atoms with Crippen LogP contribution in [0.5, 0.6) is 0 Å². The molecule has 2 rings (SSSR count).